The minimum atomic E-state index is 0.0561. The van der Waals surface area contributed by atoms with Gasteiger partial charge in [0.25, 0.3) is 0 Å². The first-order valence-corrected chi connectivity index (χ1v) is 7.43. The van der Waals surface area contributed by atoms with Gasteiger partial charge in [0.05, 0.1) is 7.11 Å². The highest BCUT2D eigenvalue weighted by Crippen LogP contribution is 2.30. The number of rotatable bonds is 6. The molecule has 0 N–H and O–H groups in total. The molecule has 1 unspecified atom stereocenters. The van der Waals surface area contributed by atoms with Crippen molar-refractivity contribution in [3.63, 3.8) is 0 Å². The summed E-state index contributed by atoms with van der Waals surface area (Å²) in [5, 5.41) is 0.703. The molecule has 0 spiro atoms. The van der Waals surface area contributed by atoms with E-state index in [2.05, 4.69) is 0 Å². The summed E-state index contributed by atoms with van der Waals surface area (Å²) in [6.07, 6.45) is 1.06. The van der Waals surface area contributed by atoms with Gasteiger partial charge < -0.3 is 4.74 Å². The second kappa shape index (κ2) is 7.28. The summed E-state index contributed by atoms with van der Waals surface area (Å²) in [4.78, 5) is 11.9. The standard InChI is InChI=1S/C18H19ClO2/c1-3-16(20)12-18(13-4-8-15(19)9-5-13)14-6-10-17(21-2)11-7-14/h4-11,18H,3,12H2,1-2H3. The molecule has 2 nitrogen and oxygen atoms in total. The van der Waals surface area contributed by atoms with Crippen molar-refractivity contribution in [2.24, 2.45) is 0 Å². The van der Waals surface area contributed by atoms with Crippen LogP contribution in [0.5, 0.6) is 5.75 Å². The van der Waals surface area contributed by atoms with Gasteiger partial charge in [-0.05, 0) is 35.4 Å². The van der Waals surface area contributed by atoms with E-state index in [0.29, 0.717) is 17.9 Å². The van der Waals surface area contributed by atoms with Gasteiger partial charge in [0.15, 0.2) is 0 Å². The fourth-order valence-electron chi connectivity index (χ4n) is 2.33. The predicted molar refractivity (Wildman–Crippen MR) is 86.2 cm³/mol. The molecule has 2 rings (SSSR count). The van der Waals surface area contributed by atoms with E-state index >= 15 is 0 Å². The zero-order valence-corrected chi connectivity index (χ0v) is 13.1. The molecule has 0 aliphatic heterocycles. The van der Waals surface area contributed by atoms with Gasteiger partial charge in [-0.15, -0.1) is 0 Å². The van der Waals surface area contributed by atoms with Crippen molar-refractivity contribution in [3.8, 4) is 5.75 Å². The number of methoxy groups -OCH3 is 1. The summed E-state index contributed by atoms with van der Waals surface area (Å²) in [7, 11) is 1.65. The number of hydrogen-bond donors (Lipinski definition) is 0. The number of Topliss-reactive ketones (excluding diaryl/α,β-unsaturated/α-hetero) is 1. The number of benzene rings is 2. The molecule has 0 aliphatic rings. The molecular weight excluding hydrogens is 284 g/mol. The van der Waals surface area contributed by atoms with E-state index < -0.39 is 0 Å². The zero-order valence-electron chi connectivity index (χ0n) is 12.3. The predicted octanol–water partition coefficient (Wildman–Crippen LogP) is 4.85. The number of ketones is 1. The van der Waals surface area contributed by atoms with Gasteiger partial charge in [-0.1, -0.05) is 42.8 Å². The Kier molecular flexibility index (Phi) is 5.40. The van der Waals surface area contributed by atoms with Crippen LogP contribution in [0.1, 0.15) is 36.8 Å². The fraction of sp³-hybridized carbons (Fsp3) is 0.278. The van der Waals surface area contributed by atoms with Gasteiger partial charge in [0, 0.05) is 23.8 Å². The second-order valence-electron chi connectivity index (χ2n) is 4.97. The van der Waals surface area contributed by atoms with Gasteiger partial charge in [-0.25, -0.2) is 0 Å². The summed E-state index contributed by atoms with van der Waals surface area (Å²) in [5.74, 6) is 1.13. The summed E-state index contributed by atoms with van der Waals surface area (Å²) in [6, 6.07) is 15.6. The Morgan fingerprint density at radius 3 is 2.05 bits per heavy atom. The molecule has 2 aromatic rings. The molecule has 21 heavy (non-hydrogen) atoms. The fourth-order valence-corrected chi connectivity index (χ4v) is 2.46. The van der Waals surface area contributed by atoms with Crippen LogP contribution in [0.25, 0.3) is 0 Å². The summed E-state index contributed by atoms with van der Waals surface area (Å²) < 4.78 is 5.19. The van der Waals surface area contributed by atoms with E-state index in [9.17, 15) is 4.79 Å². The Hall–Kier alpha value is -1.80. The minimum Gasteiger partial charge on any atom is -0.497 e. The van der Waals surface area contributed by atoms with Crippen LogP contribution >= 0.6 is 11.6 Å². The third kappa shape index (κ3) is 4.08. The van der Waals surface area contributed by atoms with Crippen molar-refractivity contribution in [3.05, 3.63) is 64.7 Å². The molecule has 0 bridgehead atoms. The molecule has 2 aromatic carbocycles. The number of carbonyl (C=O) groups is 1. The third-order valence-electron chi connectivity index (χ3n) is 3.62. The largest absolute Gasteiger partial charge is 0.497 e. The lowest BCUT2D eigenvalue weighted by atomic mass is 9.86. The average Bonchev–Trinajstić information content (AvgIpc) is 2.53. The van der Waals surface area contributed by atoms with Crippen molar-refractivity contribution in [1.82, 2.24) is 0 Å². The molecule has 0 heterocycles. The number of halogens is 1. The van der Waals surface area contributed by atoms with Crippen LogP contribution in [-0.4, -0.2) is 12.9 Å². The normalized spacial score (nSPS) is 12.0. The maximum atomic E-state index is 11.9. The topological polar surface area (TPSA) is 26.3 Å². The van der Waals surface area contributed by atoms with Crippen LogP contribution in [0, 0.1) is 0 Å². The van der Waals surface area contributed by atoms with Crippen LogP contribution in [0.3, 0.4) is 0 Å². The summed E-state index contributed by atoms with van der Waals surface area (Å²) >= 11 is 5.95. The number of carbonyl (C=O) groups excluding carboxylic acids is 1. The van der Waals surface area contributed by atoms with Gasteiger partial charge in [-0.2, -0.15) is 0 Å². The lowest BCUT2D eigenvalue weighted by molar-refractivity contribution is -0.118. The van der Waals surface area contributed by atoms with Crippen molar-refractivity contribution >= 4 is 17.4 Å². The van der Waals surface area contributed by atoms with Gasteiger partial charge in [0.1, 0.15) is 11.5 Å². The van der Waals surface area contributed by atoms with Crippen LogP contribution in [0.4, 0.5) is 0 Å². The van der Waals surface area contributed by atoms with E-state index in [1.54, 1.807) is 7.11 Å². The van der Waals surface area contributed by atoms with E-state index in [1.165, 1.54) is 0 Å². The zero-order chi connectivity index (χ0) is 15.2. The maximum Gasteiger partial charge on any atom is 0.133 e. The molecule has 0 saturated carbocycles. The Bertz CT molecular complexity index is 588. The first-order valence-electron chi connectivity index (χ1n) is 7.05. The number of hydrogen-bond acceptors (Lipinski definition) is 2. The minimum absolute atomic E-state index is 0.0561. The first-order chi connectivity index (χ1) is 10.1. The van der Waals surface area contributed by atoms with Crippen LogP contribution < -0.4 is 4.74 Å². The highest BCUT2D eigenvalue weighted by molar-refractivity contribution is 6.30. The Morgan fingerprint density at radius 2 is 1.57 bits per heavy atom. The van der Waals surface area contributed by atoms with Crippen LogP contribution in [0.2, 0.25) is 5.02 Å². The SMILES string of the molecule is CCC(=O)CC(c1ccc(Cl)cc1)c1ccc(OC)cc1. The maximum absolute atomic E-state index is 11.9. The highest BCUT2D eigenvalue weighted by Gasteiger charge is 2.17. The summed E-state index contributed by atoms with van der Waals surface area (Å²) in [6.45, 7) is 1.90. The van der Waals surface area contributed by atoms with Gasteiger partial charge in [0.2, 0.25) is 0 Å². The molecular formula is C18H19ClO2. The van der Waals surface area contributed by atoms with E-state index in [-0.39, 0.29) is 11.7 Å². The van der Waals surface area contributed by atoms with Crippen molar-refractivity contribution in [1.29, 1.82) is 0 Å². The van der Waals surface area contributed by atoms with E-state index in [4.69, 9.17) is 16.3 Å². The van der Waals surface area contributed by atoms with E-state index in [1.807, 2.05) is 55.5 Å². The monoisotopic (exact) mass is 302 g/mol. The Morgan fingerprint density at radius 1 is 1.05 bits per heavy atom. The molecule has 3 heteroatoms. The van der Waals surface area contributed by atoms with Crippen molar-refractivity contribution in [2.75, 3.05) is 7.11 Å². The number of ether oxygens (including phenoxy) is 1. The van der Waals surface area contributed by atoms with Gasteiger partial charge in [-0.3, -0.25) is 4.79 Å². The Labute approximate surface area is 130 Å². The van der Waals surface area contributed by atoms with Crippen molar-refractivity contribution < 1.29 is 9.53 Å². The third-order valence-corrected chi connectivity index (χ3v) is 3.87. The highest BCUT2D eigenvalue weighted by atomic mass is 35.5. The molecule has 110 valence electrons. The van der Waals surface area contributed by atoms with Crippen LogP contribution in [-0.2, 0) is 4.79 Å². The lowest BCUT2D eigenvalue weighted by Gasteiger charge is -2.17. The molecule has 0 amide bonds. The Balaban J connectivity index is 2.34. The molecule has 0 fully saturated rings. The summed E-state index contributed by atoms with van der Waals surface area (Å²) in [5.41, 5.74) is 2.21. The van der Waals surface area contributed by atoms with Crippen molar-refractivity contribution in [2.45, 2.75) is 25.7 Å². The molecule has 0 aromatic heterocycles. The molecule has 0 saturated heterocycles. The smallest absolute Gasteiger partial charge is 0.133 e. The molecule has 1 atom stereocenters. The molecule has 0 aliphatic carbocycles. The van der Waals surface area contributed by atoms with Gasteiger partial charge >= 0.3 is 0 Å². The first kappa shape index (κ1) is 15.6. The van der Waals surface area contributed by atoms with E-state index in [0.717, 1.165) is 16.9 Å². The van der Waals surface area contributed by atoms with Crippen LogP contribution in [0.15, 0.2) is 48.5 Å². The lowest BCUT2D eigenvalue weighted by Crippen LogP contribution is -2.08. The molecule has 0 radical (unpaired) electrons. The second-order valence-corrected chi connectivity index (χ2v) is 5.41. The average molecular weight is 303 g/mol. The quantitative estimate of drug-likeness (QED) is 0.762.